The van der Waals surface area contributed by atoms with Gasteiger partial charge in [0.15, 0.2) is 6.61 Å². The summed E-state index contributed by atoms with van der Waals surface area (Å²) in [4.78, 5) is 23.6. The summed E-state index contributed by atoms with van der Waals surface area (Å²) >= 11 is 6.11. The molecular weight excluding hydrogens is 380 g/mol. The molecule has 0 saturated heterocycles. The quantitative estimate of drug-likeness (QED) is 0.597. The summed E-state index contributed by atoms with van der Waals surface area (Å²) in [5.41, 5.74) is 1.80. The highest BCUT2D eigenvalue weighted by Crippen LogP contribution is 2.25. The van der Waals surface area contributed by atoms with E-state index in [1.807, 2.05) is 44.2 Å². The van der Waals surface area contributed by atoms with E-state index >= 15 is 0 Å². The molecule has 0 unspecified atom stereocenters. The van der Waals surface area contributed by atoms with Crippen molar-refractivity contribution >= 4 is 23.4 Å². The van der Waals surface area contributed by atoms with E-state index in [4.69, 9.17) is 21.1 Å². The average molecular weight is 405 g/mol. The molecule has 7 heteroatoms. The van der Waals surface area contributed by atoms with Crippen molar-refractivity contribution in [1.29, 1.82) is 0 Å². The van der Waals surface area contributed by atoms with Crippen LogP contribution in [0.5, 0.6) is 11.5 Å². The lowest BCUT2D eigenvalue weighted by Crippen LogP contribution is -2.37. The van der Waals surface area contributed by atoms with E-state index in [9.17, 15) is 9.59 Å². The number of benzene rings is 2. The van der Waals surface area contributed by atoms with Crippen molar-refractivity contribution in [3.05, 3.63) is 58.6 Å². The van der Waals surface area contributed by atoms with Crippen LogP contribution in [0.3, 0.4) is 0 Å². The molecule has 0 saturated carbocycles. The van der Waals surface area contributed by atoms with Crippen LogP contribution in [-0.2, 0) is 9.59 Å². The molecular formula is C21H25ClN2O4. The number of carbonyl (C=O) groups excluding carboxylic acids is 2. The van der Waals surface area contributed by atoms with Crippen LogP contribution >= 0.6 is 11.6 Å². The number of carbonyl (C=O) groups is 2. The molecule has 2 aromatic rings. The molecule has 28 heavy (non-hydrogen) atoms. The second-order valence-corrected chi connectivity index (χ2v) is 6.65. The zero-order valence-corrected chi connectivity index (χ0v) is 16.8. The fourth-order valence-electron chi connectivity index (χ4n) is 2.46. The Kier molecular flexibility index (Phi) is 8.62. The number of amides is 2. The zero-order valence-electron chi connectivity index (χ0n) is 16.1. The Hall–Kier alpha value is -2.73. The number of rotatable bonds is 10. The number of halogens is 1. The normalized spacial score (nSPS) is 10.2. The standard InChI is InChI=1S/C21H25ClN2O4/c1-15-12-18(13-16(2)21(15)22)28-14-20(26)24-10-9-23-19(25)8-11-27-17-6-4-3-5-7-17/h3-7,12-13H,8-11,14H2,1-2H3,(H,23,25)(H,24,26). The Morgan fingerprint density at radius 3 is 2.14 bits per heavy atom. The third kappa shape index (κ3) is 7.48. The number of para-hydroxylation sites is 1. The van der Waals surface area contributed by atoms with E-state index in [-0.39, 0.29) is 24.8 Å². The Labute approximate surface area is 170 Å². The number of hydrogen-bond acceptors (Lipinski definition) is 4. The Morgan fingerprint density at radius 1 is 0.893 bits per heavy atom. The molecule has 0 radical (unpaired) electrons. The molecule has 0 bridgehead atoms. The molecule has 0 aliphatic rings. The predicted octanol–water partition coefficient (Wildman–Crippen LogP) is 3.04. The van der Waals surface area contributed by atoms with Crippen LogP contribution in [0.1, 0.15) is 17.5 Å². The Morgan fingerprint density at radius 2 is 1.50 bits per heavy atom. The summed E-state index contributed by atoms with van der Waals surface area (Å²) in [6, 6.07) is 12.9. The monoisotopic (exact) mass is 404 g/mol. The Balaban J connectivity index is 1.56. The molecule has 0 spiro atoms. The van der Waals surface area contributed by atoms with E-state index in [0.29, 0.717) is 30.5 Å². The highest BCUT2D eigenvalue weighted by Gasteiger charge is 2.07. The molecule has 2 N–H and O–H groups in total. The van der Waals surface area contributed by atoms with Gasteiger partial charge in [0.05, 0.1) is 13.0 Å². The molecule has 2 aromatic carbocycles. The van der Waals surface area contributed by atoms with Gasteiger partial charge in [-0.1, -0.05) is 29.8 Å². The molecule has 6 nitrogen and oxygen atoms in total. The first-order valence-corrected chi connectivity index (χ1v) is 9.44. The fraction of sp³-hybridized carbons (Fsp3) is 0.333. The minimum Gasteiger partial charge on any atom is -0.493 e. The minimum absolute atomic E-state index is 0.0978. The van der Waals surface area contributed by atoms with Crippen molar-refractivity contribution < 1.29 is 19.1 Å². The van der Waals surface area contributed by atoms with Crippen molar-refractivity contribution in [2.75, 3.05) is 26.3 Å². The van der Waals surface area contributed by atoms with Gasteiger partial charge in [0.25, 0.3) is 5.91 Å². The van der Waals surface area contributed by atoms with Crippen molar-refractivity contribution in [1.82, 2.24) is 10.6 Å². The largest absolute Gasteiger partial charge is 0.493 e. The molecule has 2 amide bonds. The average Bonchev–Trinajstić information content (AvgIpc) is 2.68. The fourth-order valence-corrected chi connectivity index (χ4v) is 2.57. The van der Waals surface area contributed by atoms with Gasteiger partial charge in [-0.25, -0.2) is 0 Å². The highest BCUT2D eigenvalue weighted by atomic mass is 35.5. The summed E-state index contributed by atoms with van der Waals surface area (Å²) in [6.45, 7) is 4.64. The van der Waals surface area contributed by atoms with Crippen molar-refractivity contribution in [2.45, 2.75) is 20.3 Å². The number of aryl methyl sites for hydroxylation is 2. The molecule has 0 fully saturated rings. The van der Waals surface area contributed by atoms with E-state index in [1.54, 1.807) is 12.1 Å². The van der Waals surface area contributed by atoms with Crippen LogP contribution in [0.15, 0.2) is 42.5 Å². The topological polar surface area (TPSA) is 76.7 Å². The summed E-state index contributed by atoms with van der Waals surface area (Å²) in [5, 5.41) is 6.12. The Bertz CT molecular complexity index is 773. The molecule has 0 aliphatic heterocycles. The van der Waals surface area contributed by atoms with Crippen LogP contribution in [0.4, 0.5) is 0 Å². The SMILES string of the molecule is Cc1cc(OCC(=O)NCCNC(=O)CCOc2ccccc2)cc(C)c1Cl. The maximum atomic E-state index is 11.8. The third-order valence-corrected chi connectivity index (χ3v) is 4.49. The summed E-state index contributed by atoms with van der Waals surface area (Å²) in [5.74, 6) is 0.940. The lowest BCUT2D eigenvalue weighted by molar-refractivity contribution is -0.124. The molecule has 0 aromatic heterocycles. The summed E-state index contributed by atoms with van der Waals surface area (Å²) in [7, 11) is 0. The number of nitrogens with one attached hydrogen (secondary N) is 2. The summed E-state index contributed by atoms with van der Waals surface area (Å²) < 4.78 is 10.9. The lowest BCUT2D eigenvalue weighted by atomic mass is 10.1. The van der Waals surface area contributed by atoms with Crippen LogP contribution in [0, 0.1) is 13.8 Å². The van der Waals surface area contributed by atoms with E-state index in [2.05, 4.69) is 10.6 Å². The zero-order chi connectivity index (χ0) is 20.4. The molecule has 150 valence electrons. The predicted molar refractivity (Wildman–Crippen MR) is 109 cm³/mol. The second-order valence-electron chi connectivity index (χ2n) is 6.27. The van der Waals surface area contributed by atoms with Crippen LogP contribution in [0.25, 0.3) is 0 Å². The first kappa shape index (κ1) is 21.6. The maximum absolute atomic E-state index is 11.8. The molecule has 0 aliphatic carbocycles. The van der Waals surface area contributed by atoms with Crippen molar-refractivity contribution in [3.63, 3.8) is 0 Å². The molecule has 0 atom stereocenters. The highest BCUT2D eigenvalue weighted by molar-refractivity contribution is 6.32. The van der Waals surface area contributed by atoms with Gasteiger partial charge >= 0.3 is 0 Å². The number of ether oxygens (including phenoxy) is 2. The van der Waals surface area contributed by atoms with Gasteiger partial charge in [-0.15, -0.1) is 0 Å². The summed E-state index contributed by atoms with van der Waals surface area (Å²) in [6.07, 6.45) is 0.251. The second kappa shape index (κ2) is 11.2. The third-order valence-electron chi connectivity index (χ3n) is 3.89. The van der Waals surface area contributed by atoms with Crippen molar-refractivity contribution in [2.24, 2.45) is 0 Å². The van der Waals surface area contributed by atoms with Crippen molar-refractivity contribution in [3.8, 4) is 11.5 Å². The lowest BCUT2D eigenvalue weighted by Gasteiger charge is -2.11. The minimum atomic E-state index is -0.257. The van der Waals surface area contributed by atoms with E-state index < -0.39 is 0 Å². The van der Waals surface area contributed by atoms with Crippen LogP contribution in [-0.4, -0.2) is 38.1 Å². The van der Waals surface area contributed by atoms with Gasteiger partial charge < -0.3 is 20.1 Å². The van der Waals surface area contributed by atoms with Crippen LogP contribution < -0.4 is 20.1 Å². The smallest absolute Gasteiger partial charge is 0.258 e. The van der Waals surface area contributed by atoms with Crippen LogP contribution in [0.2, 0.25) is 5.02 Å². The van der Waals surface area contributed by atoms with Gasteiger partial charge in [-0.3, -0.25) is 9.59 Å². The molecule has 0 heterocycles. The van der Waals surface area contributed by atoms with Gasteiger partial charge in [0.2, 0.25) is 5.91 Å². The molecule has 2 rings (SSSR count). The number of hydrogen-bond donors (Lipinski definition) is 2. The first-order chi connectivity index (χ1) is 13.5. The maximum Gasteiger partial charge on any atom is 0.258 e. The van der Waals surface area contributed by atoms with Gasteiger partial charge in [-0.05, 0) is 49.2 Å². The first-order valence-electron chi connectivity index (χ1n) is 9.06. The van der Waals surface area contributed by atoms with E-state index in [1.165, 1.54) is 0 Å². The van der Waals surface area contributed by atoms with E-state index in [0.717, 1.165) is 16.9 Å². The van der Waals surface area contributed by atoms with Gasteiger partial charge in [0.1, 0.15) is 11.5 Å². The van der Waals surface area contributed by atoms with Gasteiger partial charge in [0, 0.05) is 18.1 Å². The van der Waals surface area contributed by atoms with Gasteiger partial charge in [-0.2, -0.15) is 0 Å².